The minimum Gasteiger partial charge on any atom is -0.489 e. The highest BCUT2D eigenvalue weighted by atomic mass is 19.4. The zero-order valence-corrected chi connectivity index (χ0v) is 22.1. The molecule has 5 nitrogen and oxygen atoms in total. The smallest absolute Gasteiger partial charge is 0.418 e. The molecule has 8 heteroatoms. The molecule has 1 aromatic heterocycles. The Bertz CT molecular complexity index is 1720. The third kappa shape index (κ3) is 6.49. The molecule has 0 aliphatic carbocycles. The predicted octanol–water partition coefficient (Wildman–Crippen LogP) is 7.86. The molecular weight excluding hydrogens is 531 g/mol. The molecule has 0 radical (unpaired) electrons. The number of rotatable bonds is 9. The molecule has 0 fully saturated rings. The van der Waals surface area contributed by atoms with Gasteiger partial charge < -0.3 is 14.6 Å². The number of fused-ring (bicyclic) bond motifs is 1. The van der Waals surface area contributed by atoms with Crippen LogP contribution in [0.15, 0.2) is 97.2 Å². The normalized spacial score (nSPS) is 11.4. The zero-order chi connectivity index (χ0) is 29.0. The van der Waals surface area contributed by atoms with Crippen molar-refractivity contribution in [2.24, 2.45) is 0 Å². The lowest BCUT2D eigenvalue weighted by molar-refractivity contribution is -0.139. The number of hydrogen-bond acceptors (Lipinski definition) is 4. The number of hydrogen-bond donors (Lipinski definition) is 1. The molecule has 0 spiro atoms. The fourth-order valence-corrected chi connectivity index (χ4v) is 4.76. The van der Waals surface area contributed by atoms with Crippen molar-refractivity contribution >= 4 is 16.9 Å². The fraction of sp³-hybridized carbons (Fsp3) is 0.152. The van der Waals surface area contributed by atoms with Crippen molar-refractivity contribution in [3.8, 4) is 22.6 Å². The first-order valence-corrected chi connectivity index (χ1v) is 12.9. The molecule has 5 aromatic rings. The second-order valence-corrected chi connectivity index (χ2v) is 9.61. The van der Waals surface area contributed by atoms with E-state index in [0.29, 0.717) is 34.4 Å². The van der Waals surface area contributed by atoms with Gasteiger partial charge in [0, 0.05) is 11.6 Å². The molecule has 0 bridgehead atoms. The minimum atomic E-state index is -4.55. The number of ether oxygens (including phenoxy) is 2. The van der Waals surface area contributed by atoms with Crippen LogP contribution in [0.5, 0.6) is 11.5 Å². The van der Waals surface area contributed by atoms with Crippen LogP contribution in [0, 0.1) is 6.92 Å². The Hall–Kier alpha value is -4.85. The zero-order valence-electron chi connectivity index (χ0n) is 22.1. The Balaban J connectivity index is 1.53. The van der Waals surface area contributed by atoms with Gasteiger partial charge in [0.25, 0.3) is 0 Å². The van der Waals surface area contributed by atoms with E-state index in [1.165, 1.54) is 12.3 Å². The van der Waals surface area contributed by atoms with Crippen LogP contribution in [0.4, 0.5) is 13.2 Å². The molecule has 1 heterocycles. The second kappa shape index (κ2) is 11.7. The number of alkyl halides is 3. The van der Waals surface area contributed by atoms with Crippen LogP contribution in [-0.4, -0.2) is 22.7 Å². The van der Waals surface area contributed by atoms with Crippen LogP contribution in [0.3, 0.4) is 0 Å². The highest BCUT2D eigenvalue weighted by Gasteiger charge is 2.33. The lowest BCUT2D eigenvalue weighted by Gasteiger charge is -2.17. The molecule has 0 saturated carbocycles. The summed E-state index contributed by atoms with van der Waals surface area (Å²) >= 11 is 0. The summed E-state index contributed by atoms with van der Waals surface area (Å²) in [5.74, 6) is -0.138. The van der Waals surface area contributed by atoms with Crippen molar-refractivity contribution in [1.82, 2.24) is 4.98 Å². The van der Waals surface area contributed by atoms with Crippen LogP contribution in [0.25, 0.3) is 22.0 Å². The molecule has 0 amide bonds. The number of aryl methyl sites for hydroxylation is 1. The molecule has 1 N–H and O–H groups in total. The number of carboxylic acids is 1. The summed E-state index contributed by atoms with van der Waals surface area (Å²) < 4.78 is 53.0. The van der Waals surface area contributed by atoms with Crippen molar-refractivity contribution in [1.29, 1.82) is 0 Å². The van der Waals surface area contributed by atoms with Crippen molar-refractivity contribution in [2.45, 2.75) is 26.1 Å². The maximum atomic E-state index is 13.9. The van der Waals surface area contributed by atoms with E-state index in [1.807, 2.05) is 43.3 Å². The van der Waals surface area contributed by atoms with Gasteiger partial charge in [-0.3, -0.25) is 4.98 Å². The van der Waals surface area contributed by atoms with E-state index < -0.39 is 24.3 Å². The lowest BCUT2D eigenvalue weighted by atomic mass is 9.91. The summed E-state index contributed by atoms with van der Waals surface area (Å²) in [6.45, 7) is 1.73. The van der Waals surface area contributed by atoms with Crippen molar-refractivity contribution in [3.05, 3.63) is 125 Å². The van der Waals surface area contributed by atoms with E-state index in [-0.39, 0.29) is 12.1 Å². The lowest BCUT2D eigenvalue weighted by Crippen LogP contribution is -2.09. The molecule has 0 aliphatic heterocycles. The summed E-state index contributed by atoms with van der Waals surface area (Å²) in [5, 5.41) is 9.25. The van der Waals surface area contributed by atoms with Crippen LogP contribution in [0.2, 0.25) is 0 Å². The van der Waals surface area contributed by atoms with E-state index in [4.69, 9.17) is 14.6 Å². The Morgan fingerprint density at radius 3 is 2.34 bits per heavy atom. The number of carbonyl (C=O) groups is 1. The second-order valence-electron chi connectivity index (χ2n) is 9.61. The predicted molar refractivity (Wildman–Crippen MR) is 150 cm³/mol. The van der Waals surface area contributed by atoms with Crippen LogP contribution in [-0.2, 0) is 24.0 Å². The number of aromatic nitrogens is 1. The van der Waals surface area contributed by atoms with E-state index in [2.05, 4.69) is 4.98 Å². The molecule has 4 aromatic carbocycles. The molecular formula is C33H26F3NO4. The number of nitrogens with zero attached hydrogens (tertiary/aromatic N) is 1. The first-order valence-electron chi connectivity index (χ1n) is 12.9. The Morgan fingerprint density at radius 1 is 0.854 bits per heavy atom. The molecule has 0 unspecified atom stereocenters. The van der Waals surface area contributed by atoms with Gasteiger partial charge >= 0.3 is 12.1 Å². The third-order valence-electron chi connectivity index (χ3n) is 6.71. The average Bonchev–Trinajstić information content (AvgIpc) is 2.95. The van der Waals surface area contributed by atoms with Crippen molar-refractivity contribution < 1.29 is 32.5 Å². The maximum Gasteiger partial charge on any atom is 0.418 e. The highest BCUT2D eigenvalue weighted by molar-refractivity contribution is 5.98. The number of benzene rings is 4. The summed E-state index contributed by atoms with van der Waals surface area (Å²) in [6, 6.07) is 26.2. The Morgan fingerprint density at radius 2 is 1.59 bits per heavy atom. The third-order valence-corrected chi connectivity index (χ3v) is 6.71. The largest absolute Gasteiger partial charge is 0.489 e. The van der Waals surface area contributed by atoms with Gasteiger partial charge in [0.15, 0.2) is 6.61 Å². The molecule has 5 rings (SSSR count). The first-order chi connectivity index (χ1) is 19.7. The number of halogens is 3. The molecule has 0 saturated heterocycles. The van der Waals surface area contributed by atoms with Gasteiger partial charge in [-0.2, -0.15) is 13.2 Å². The number of carboxylic acid groups (broad SMARTS) is 1. The van der Waals surface area contributed by atoms with E-state index >= 15 is 0 Å². The average molecular weight is 558 g/mol. The Kier molecular flexibility index (Phi) is 7.92. The molecule has 0 atom stereocenters. The van der Waals surface area contributed by atoms with Gasteiger partial charge in [-0.25, -0.2) is 4.79 Å². The van der Waals surface area contributed by atoms with E-state index in [1.54, 1.807) is 42.5 Å². The van der Waals surface area contributed by atoms with Crippen molar-refractivity contribution in [3.63, 3.8) is 0 Å². The fourth-order valence-electron chi connectivity index (χ4n) is 4.76. The standard InChI is InChI=1S/C33H26F3NO4/c1-21-7-2-3-9-23(21)16-25-18-37-32-28(13-6-14-29(32)33(34,35)36)31(25)24-10-5-12-27(17-24)40-19-22-8-4-11-26(15-22)41-20-30(38)39/h2-15,17-18H,16,19-20H2,1H3,(H,38,39). The first kappa shape index (κ1) is 27.7. The van der Waals surface area contributed by atoms with Gasteiger partial charge in [-0.15, -0.1) is 0 Å². The molecule has 41 heavy (non-hydrogen) atoms. The minimum absolute atomic E-state index is 0.104. The van der Waals surface area contributed by atoms with Crippen LogP contribution < -0.4 is 9.47 Å². The van der Waals surface area contributed by atoms with Gasteiger partial charge in [-0.1, -0.05) is 60.7 Å². The Labute approximate surface area is 234 Å². The topological polar surface area (TPSA) is 68.7 Å². The quantitative estimate of drug-likeness (QED) is 0.200. The summed E-state index contributed by atoms with van der Waals surface area (Å²) in [5.41, 5.74) is 4.18. The van der Waals surface area contributed by atoms with Crippen LogP contribution >= 0.6 is 0 Å². The number of pyridine rings is 1. The highest BCUT2D eigenvalue weighted by Crippen LogP contribution is 2.40. The number of aliphatic carboxylic acids is 1. The van der Waals surface area contributed by atoms with Crippen molar-refractivity contribution in [2.75, 3.05) is 6.61 Å². The summed E-state index contributed by atoms with van der Waals surface area (Å²) in [4.78, 5) is 15.1. The SMILES string of the molecule is Cc1ccccc1Cc1cnc2c(C(F)(F)F)cccc2c1-c1cccc(OCc2cccc(OCC(=O)O)c2)c1. The molecule has 208 valence electrons. The van der Waals surface area contributed by atoms with Gasteiger partial charge in [0.2, 0.25) is 0 Å². The molecule has 0 aliphatic rings. The number of para-hydroxylation sites is 1. The van der Waals surface area contributed by atoms with E-state index in [0.717, 1.165) is 28.3 Å². The van der Waals surface area contributed by atoms with Gasteiger partial charge in [0.1, 0.15) is 18.1 Å². The van der Waals surface area contributed by atoms with E-state index in [9.17, 15) is 18.0 Å². The summed E-state index contributed by atoms with van der Waals surface area (Å²) in [6.07, 6.45) is -2.51. The van der Waals surface area contributed by atoms with Gasteiger partial charge in [0.05, 0.1) is 11.1 Å². The summed E-state index contributed by atoms with van der Waals surface area (Å²) in [7, 11) is 0. The van der Waals surface area contributed by atoms with Crippen LogP contribution in [0.1, 0.15) is 27.8 Å². The maximum absolute atomic E-state index is 13.9. The van der Waals surface area contributed by atoms with Gasteiger partial charge in [-0.05, 0) is 77.1 Å². The monoisotopic (exact) mass is 557 g/mol.